The van der Waals surface area contributed by atoms with Crippen molar-refractivity contribution < 1.29 is 13.2 Å². The summed E-state index contributed by atoms with van der Waals surface area (Å²) in [5.74, 6) is 0. The Bertz CT molecular complexity index is 555. The van der Waals surface area contributed by atoms with Crippen LogP contribution in [0.1, 0.15) is 11.3 Å². The summed E-state index contributed by atoms with van der Waals surface area (Å²) in [4.78, 5) is 0. The van der Waals surface area contributed by atoms with Crippen molar-refractivity contribution in [1.82, 2.24) is 9.88 Å². The second-order valence-electron chi connectivity index (χ2n) is 4.25. The van der Waals surface area contributed by atoms with Gasteiger partial charge in [-0.1, -0.05) is 18.2 Å². The maximum absolute atomic E-state index is 13.2. The van der Waals surface area contributed by atoms with Crippen LogP contribution in [-0.2, 0) is 19.6 Å². The summed E-state index contributed by atoms with van der Waals surface area (Å²) in [5, 5.41) is 3.16. The van der Waals surface area contributed by atoms with Crippen molar-refractivity contribution >= 4 is 10.9 Å². The number of benzene rings is 1. The third-order valence-corrected chi connectivity index (χ3v) is 3.12. The van der Waals surface area contributed by atoms with Gasteiger partial charge in [0.05, 0.1) is 5.56 Å². The fraction of sp³-hybridized carbons (Fsp3) is 0.385. The van der Waals surface area contributed by atoms with Gasteiger partial charge in [0.2, 0.25) is 0 Å². The van der Waals surface area contributed by atoms with Gasteiger partial charge in [0.25, 0.3) is 0 Å². The molecular weight excluding hydrogens is 241 g/mol. The molecule has 0 aliphatic carbocycles. The van der Waals surface area contributed by atoms with Crippen LogP contribution >= 0.6 is 0 Å². The van der Waals surface area contributed by atoms with E-state index in [1.54, 1.807) is 36.9 Å². The smallest absolute Gasteiger partial charge is 0.347 e. The quantitative estimate of drug-likeness (QED) is 0.893. The highest BCUT2D eigenvalue weighted by atomic mass is 19.4. The van der Waals surface area contributed by atoms with Crippen LogP contribution in [0.3, 0.4) is 0 Å². The van der Waals surface area contributed by atoms with Gasteiger partial charge in [0, 0.05) is 36.6 Å². The predicted octanol–water partition coefficient (Wildman–Crippen LogP) is 2.96. The van der Waals surface area contributed by atoms with Crippen molar-refractivity contribution in [3.05, 3.63) is 35.5 Å². The van der Waals surface area contributed by atoms with Gasteiger partial charge in [-0.05, 0) is 13.1 Å². The average molecular weight is 256 g/mol. The fourth-order valence-corrected chi connectivity index (χ4v) is 2.30. The summed E-state index contributed by atoms with van der Waals surface area (Å²) in [5.41, 5.74) is 0.449. The number of aryl methyl sites for hydroxylation is 1. The van der Waals surface area contributed by atoms with Gasteiger partial charge < -0.3 is 9.88 Å². The van der Waals surface area contributed by atoms with E-state index in [2.05, 4.69) is 5.32 Å². The molecule has 0 saturated carbocycles. The maximum Gasteiger partial charge on any atom is 0.418 e. The van der Waals surface area contributed by atoms with E-state index in [9.17, 15) is 13.2 Å². The van der Waals surface area contributed by atoms with Gasteiger partial charge in [-0.2, -0.15) is 13.2 Å². The molecule has 5 heteroatoms. The average Bonchev–Trinajstić information content (AvgIpc) is 2.60. The zero-order valence-electron chi connectivity index (χ0n) is 10.3. The molecule has 2 nitrogen and oxygen atoms in total. The minimum absolute atomic E-state index is 0.276. The van der Waals surface area contributed by atoms with Crippen molar-refractivity contribution in [2.45, 2.75) is 12.6 Å². The number of aromatic nitrogens is 1. The van der Waals surface area contributed by atoms with Crippen LogP contribution in [0.25, 0.3) is 10.9 Å². The summed E-state index contributed by atoms with van der Waals surface area (Å²) in [6, 6.07) is 6.64. The molecule has 0 fully saturated rings. The summed E-state index contributed by atoms with van der Waals surface area (Å²) in [6.07, 6.45) is -3.96. The third kappa shape index (κ3) is 2.10. The molecule has 0 unspecified atom stereocenters. The Morgan fingerprint density at radius 1 is 1.22 bits per heavy atom. The van der Waals surface area contributed by atoms with E-state index >= 15 is 0 Å². The molecule has 0 radical (unpaired) electrons. The van der Waals surface area contributed by atoms with Crippen LogP contribution in [0.5, 0.6) is 0 Å². The molecule has 2 aromatic rings. The van der Waals surface area contributed by atoms with Crippen LogP contribution in [0.4, 0.5) is 13.2 Å². The number of nitrogens with zero attached hydrogens (tertiary/aromatic N) is 1. The zero-order chi connectivity index (χ0) is 13.3. The topological polar surface area (TPSA) is 17.0 Å². The number of likely N-dealkylation sites (N-methyl/N-ethyl adjacent to an activating group) is 1. The first-order valence-electron chi connectivity index (χ1n) is 5.75. The summed E-state index contributed by atoms with van der Waals surface area (Å²) < 4.78 is 41.2. The molecule has 2 rings (SSSR count). The summed E-state index contributed by atoms with van der Waals surface area (Å²) in [6.45, 7) is 0.521. The van der Waals surface area contributed by atoms with Crippen LogP contribution < -0.4 is 5.32 Å². The van der Waals surface area contributed by atoms with E-state index in [1.807, 2.05) is 0 Å². The van der Waals surface area contributed by atoms with E-state index in [0.717, 1.165) is 0 Å². The van der Waals surface area contributed by atoms with Crippen molar-refractivity contribution in [2.24, 2.45) is 7.05 Å². The second-order valence-corrected chi connectivity index (χ2v) is 4.25. The highest BCUT2D eigenvalue weighted by molar-refractivity contribution is 5.86. The standard InChI is InChI=1S/C13H15F3N2/c1-17-8-7-11-12(13(14,15)16)9-5-3-4-6-10(9)18(11)2/h3-6,17H,7-8H2,1-2H3. The second kappa shape index (κ2) is 4.65. The summed E-state index contributed by atoms with van der Waals surface area (Å²) >= 11 is 0. The van der Waals surface area contributed by atoms with Crippen molar-refractivity contribution in [3.8, 4) is 0 Å². The number of rotatable bonds is 3. The number of nitrogens with one attached hydrogen (secondary N) is 1. The van der Waals surface area contributed by atoms with Crippen LogP contribution in [0.2, 0.25) is 0 Å². The van der Waals surface area contributed by atoms with Crippen LogP contribution in [0, 0.1) is 0 Å². The summed E-state index contributed by atoms with van der Waals surface area (Å²) in [7, 11) is 3.42. The number of hydrogen-bond acceptors (Lipinski definition) is 1. The van der Waals surface area contributed by atoms with Crippen molar-refractivity contribution in [3.63, 3.8) is 0 Å². The fourth-order valence-electron chi connectivity index (χ4n) is 2.30. The van der Waals surface area contributed by atoms with Gasteiger partial charge in [-0.25, -0.2) is 0 Å². The lowest BCUT2D eigenvalue weighted by atomic mass is 10.1. The molecule has 1 aromatic carbocycles. The Balaban J connectivity index is 2.69. The highest BCUT2D eigenvalue weighted by Crippen LogP contribution is 2.39. The van der Waals surface area contributed by atoms with Gasteiger partial charge in [-0.15, -0.1) is 0 Å². The molecule has 18 heavy (non-hydrogen) atoms. The predicted molar refractivity (Wildman–Crippen MR) is 65.6 cm³/mol. The molecule has 0 bridgehead atoms. The Morgan fingerprint density at radius 2 is 1.89 bits per heavy atom. The lowest BCUT2D eigenvalue weighted by molar-refractivity contribution is -0.137. The van der Waals surface area contributed by atoms with E-state index in [4.69, 9.17) is 0 Å². The number of halogens is 3. The monoisotopic (exact) mass is 256 g/mol. The third-order valence-electron chi connectivity index (χ3n) is 3.12. The molecule has 0 aliphatic heterocycles. The minimum atomic E-state index is -4.32. The molecule has 1 heterocycles. The van der Waals surface area contributed by atoms with E-state index in [-0.39, 0.29) is 5.39 Å². The Hall–Kier alpha value is -1.49. The normalized spacial score (nSPS) is 12.3. The molecule has 0 spiro atoms. The van der Waals surface area contributed by atoms with E-state index in [0.29, 0.717) is 24.2 Å². The molecule has 1 N–H and O–H groups in total. The first-order valence-corrected chi connectivity index (χ1v) is 5.75. The Morgan fingerprint density at radius 3 is 2.50 bits per heavy atom. The molecule has 0 aliphatic rings. The molecule has 98 valence electrons. The van der Waals surface area contributed by atoms with Crippen LogP contribution in [-0.4, -0.2) is 18.2 Å². The van der Waals surface area contributed by atoms with E-state index in [1.165, 1.54) is 6.07 Å². The van der Waals surface area contributed by atoms with Crippen molar-refractivity contribution in [2.75, 3.05) is 13.6 Å². The molecule has 0 amide bonds. The first kappa shape index (κ1) is 13.0. The SMILES string of the molecule is CNCCc1c(C(F)(F)F)c2ccccc2n1C. The number of para-hydroxylation sites is 1. The highest BCUT2D eigenvalue weighted by Gasteiger charge is 2.37. The van der Waals surface area contributed by atoms with Crippen LogP contribution in [0.15, 0.2) is 24.3 Å². The van der Waals surface area contributed by atoms with E-state index < -0.39 is 11.7 Å². The lowest BCUT2D eigenvalue weighted by Gasteiger charge is -2.10. The molecular formula is C13H15F3N2. The molecule has 0 saturated heterocycles. The van der Waals surface area contributed by atoms with Gasteiger partial charge in [-0.3, -0.25) is 0 Å². The number of alkyl halides is 3. The lowest BCUT2D eigenvalue weighted by Crippen LogP contribution is -2.16. The van der Waals surface area contributed by atoms with Gasteiger partial charge in [0.15, 0.2) is 0 Å². The van der Waals surface area contributed by atoms with Gasteiger partial charge in [0.1, 0.15) is 0 Å². The Kier molecular flexibility index (Phi) is 3.34. The molecule has 1 aromatic heterocycles. The maximum atomic E-state index is 13.2. The largest absolute Gasteiger partial charge is 0.418 e. The number of hydrogen-bond donors (Lipinski definition) is 1. The van der Waals surface area contributed by atoms with Crippen molar-refractivity contribution in [1.29, 1.82) is 0 Å². The first-order chi connectivity index (χ1) is 8.46. The number of fused-ring (bicyclic) bond motifs is 1. The van der Waals surface area contributed by atoms with Gasteiger partial charge >= 0.3 is 6.18 Å². The minimum Gasteiger partial charge on any atom is -0.347 e. The Labute approximate surface area is 103 Å². The zero-order valence-corrected chi connectivity index (χ0v) is 10.3. The molecule has 0 atom stereocenters.